The Balaban J connectivity index is 1.19. The average Bonchev–Trinajstić information content (AvgIpc) is 3.63. The largest absolute Gasteiger partial charge is 0.497 e. The number of thioether (sulfide) groups is 1. The van der Waals surface area contributed by atoms with Gasteiger partial charge in [0.15, 0.2) is 16.7 Å². The van der Waals surface area contributed by atoms with Crippen LogP contribution in [0.5, 0.6) is 17.2 Å². The van der Waals surface area contributed by atoms with Crippen LogP contribution in [0.1, 0.15) is 30.9 Å². The van der Waals surface area contributed by atoms with Crippen LogP contribution >= 0.6 is 11.8 Å². The third-order valence-electron chi connectivity index (χ3n) is 7.19. The number of nitrogens with zero attached hydrogens (tertiary/aromatic N) is 3. The van der Waals surface area contributed by atoms with Crippen LogP contribution in [0.3, 0.4) is 0 Å². The minimum Gasteiger partial charge on any atom is -0.497 e. The van der Waals surface area contributed by atoms with E-state index >= 15 is 0 Å². The first-order valence-electron chi connectivity index (χ1n) is 13.8. The van der Waals surface area contributed by atoms with Gasteiger partial charge >= 0.3 is 0 Å². The number of anilines is 1. The van der Waals surface area contributed by atoms with Crippen LogP contribution in [0.4, 0.5) is 11.4 Å². The first kappa shape index (κ1) is 28.3. The number of hydrogen-bond acceptors (Lipinski definition) is 9. The van der Waals surface area contributed by atoms with Crippen molar-refractivity contribution < 1.29 is 28.6 Å². The summed E-state index contributed by atoms with van der Waals surface area (Å²) in [5, 5.41) is 5.72. The monoisotopic (exact) mass is 599 g/mol. The number of ether oxygens (including phenoxy) is 3. The number of benzene rings is 3. The fraction of sp³-hybridized carbons (Fsp3) is 0.258. The molecule has 2 unspecified atom stereocenters. The van der Waals surface area contributed by atoms with Gasteiger partial charge in [-0.1, -0.05) is 43.0 Å². The topological polar surface area (TPSA) is 131 Å². The molecule has 0 bridgehead atoms. The fourth-order valence-corrected chi connectivity index (χ4v) is 5.99. The van der Waals surface area contributed by atoms with E-state index in [0.29, 0.717) is 52.4 Å². The molecule has 11 nitrogen and oxygen atoms in total. The molecule has 43 heavy (non-hydrogen) atoms. The van der Waals surface area contributed by atoms with Crippen LogP contribution in [0.15, 0.2) is 76.7 Å². The lowest BCUT2D eigenvalue weighted by atomic mass is 10.1. The lowest BCUT2D eigenvalue weighted by Gasteiger charge is -2.32. The Morgan fingerprint density at radius 2 is 1.86 bits per heavy atom. The van der Waals surface area contributed by atoms with E-state index in [4.69, 9.17) is 19.2 Å². The van der Waals surface area contributed by atoms with E-state index in [1.165, 1.54) is 11.8 Å². The number of rotatable bonds is 9. The number of hydrogen-bond donors (Lipinski definition) is 2. The molecule has 3 heterocycles. The summed E-state index contributed by atoms with van der Waals surface area (Å²) in [5.74, 6) is 1.37. The standard InChI is InChI=1S/C31H29N5O6S/c1-3-26(30(39)33-19-10-13-24-25(14-19)42-17-41-24)43-31-34-22-7-5-4-6-21(22)28-35-29(38)23(36(28)31)15-27(37)32-16-18-8-11-20(40-2)12-9-18/h4-14,23,26H,3,15-17H2,1-2H3,(H,32,37)(H,33,39). The average molecular weight is 600 g/mol. The maximum absolute atomic E-state index is 13.4. The second-order valence-electron chi connectivity index (χ2n) is 9.97. The van der Waals surface area contributed by atoms with Gasteiger partial charge in [0.05, 0.1) is 24.5 Å². The van der Waals surface area contributed by atoms with Crippen molar-refractivity contribution in [3.8, 4) is 17.2 Å². The van der Waals surface area contributed by atoms with Gasteiger partial charge in [-0.3, -0.25) is 19.3 Å². The Bertz CT molecular complexity index is 1640. The molecule has 0 saturated carbocycles. The predicted molar refractivity (Wildman–Crippen MR) is 163 cm³/mol. The first-order chi connectivity index (χ1) is 20.9. The molecule has 3 amide bonds. The van der Waals surface area contributed by atoms with Crippen molar-refractivity contribution >= 4 is 51.9 Å². The lowest BCUT2D eigenvalue weighted by molar-refractivity contribution is -0.126. The highest BCUT2D eigenvalue weighted by Crippen LogP contribution is 2.37. The SMILES string of the molecule is CCC(SC1=Nc2ccccc2C2=NC(=O)C(CC(=O)NCc3ccc(OC)cc3)N12)C(=O)Nc1ccc2c(c1)OCO2. The number of amides is 3. The maximum Gasteiger partial charge on any atom is 0.271 e. The zero-order valence-corrected chi connectivity index (χ0v) is 24.3. The Kier molecular flexibility index (Phi) is 8.01. The van der Waals surface area contributed by atoms with Crippen LogP contribution in [-0.2, 0) is 20.9 Å². The van der Waals surface area contributed by atoms with Crippen molar-refractivity contribution in [1.29, 1.82) is 0 Å². The zero-order chi connectivity index (χ0) is 29.9. The van der Waals surface area contributed by atoms with Crippen molar-refractivity contribution in [2.24, 2.45) is 9.98 Å². The third-order valence-corrected chi connectivity index (χ3v) is 8.52. The van der Waals surface area contributed by atoms with Gasteiger partial charge in [0.25, 0.3) is 5.91 Å². The van der Waals surface area contributed by atoms with E-state index < -0.39 is 17.2 Å². The quantitative estimate of drug-likeness (QED) is 0.374. The fourth-order valence-electron chi connectivity index (χ4n) is 4.92. The molecule has 12 heteroatoms. The third kappa shape index (κ3) is 5.91. The van der Waals surface area contributed by atoms with Crippen molar-refractivity contribution in [2.75, 3.05) is 19.2 Å². The van der Waals surface area contributed by atoms with Crippen molar-refractivity contribution in [2.45, 2.75) is 37.6 Å². The van der Waals surface area contributed by atoms with Crippen LogP contribution < -0.4 is 24.8 Å². The predicted octanol–water partition coefficient (Wildman–Crippen LogP) is 4.24. The molecule has 0 aliphatic carbocycles. The molecule has 2 atom stereocenters. The summed E-state index contributed by atoms with van der Waals surface area (Å²) in [6, 6.07) is 19.1. The van der Waals surface area contributed by atoms with Gasteiger partial charge in [0.2, 0.25) is 18.6 Å². The molecule has 6 rings (SSSR count). The number of carbonyl (C=O) groups excluding carboxylic acids is 3. The molecule has 0 spiro atoms. The molecule has 0 fully saturated rings. The highest BCUT2D eigenvalue weighted by Gasteiger charge is 2.43. The number of methoxy groups -OCH3 is 1. The molecule has 2 N–H and O–H groups in total. The van der Waals surface area contributed by atoms with Gasteiger partial charge in [-0.2, -0.15) is 4.99 Å². The Labute approximate surface area is 252 Å². The van der Waals surface area contributed by atoms with Crippen LogP contribution in [-0.4, -0.2) is 58.8 Å². The van der Waals surface area contributed by atoms with E-state index in [2.05, 4.69) is 15.6 Å². The smallest absolute Gasteiger partial charge is 0.271 e. The van der Waals surface area contributed by atoms with Crippen molar-refractivity contribution in [3.05, 3.63) is 77.9 Å². The van der Waals surface area contributed by atoms with Gasteiger partial charge < -0.3 is 24.8 Å². The number of nitrogens with one attached hydrogen (secondary N) is 2. The summed E-state index contributed by atoms with van der Waals surface area (Å²) in [5.41, 5.74) is 2.81. The molecule has 3 aromatic carbocycles. The normalized spacial score (nSPS) is 16.9. The van der Waals surface area contributed by atoms with E-state index in [0.717, 1.165) is 11.3 Å². The molecule has 3 aromatic rings. The lowest BCUT2D eigenvalue weighted by Crippen LogP contribution is -2.46. The van der Waals surface area contributed by atoms with Crippen LogP contribution in [0, 0.1) is 0 Å². The Hall–Kier alpha value is -4.84. The van der Waals surface area contributed by atoms with E-state index in [1.54, 1.807) is 30.2 Å². The maximum atomic E-state index is 13.4. The second kappa shape index (κ2) is 12.2. The highest BCUT2D eigenvalue weighted by molar-refractivity contribution is 8.15. The number of fused-ring (bicyclic) bond motifs is 4. The minimum absolute atomic E-state index is 0.121. The number of para-hydroxylation sites is 1. The van der Waals surface area contributed by atoms with Crippen LogP contribution in [0.2, 0.25) is 0 Å². The second-order valence-corrected chi connectivity index (χ2v) is 11.1. The minimum atomic E-state index is -0.889. The summed E-state index contributed by atoms with van der Waals surface area (Å²) < 4.78 is 16.0. The molecular weight excluding hydrogens is 570 g/mol. The van der Waals surface area contributed by atoms with Crippen molar-refractivity contribution in [3.63, 3.8) is 0 Å². The number of amidine groups is 2. The number of carbonyl (C=O) groups is 3. The molecular formula is C31H29N5O6S. The first-order valence-corrected chi connectivity index (χ1v) is 14.7. The molecule has 220 valence electrons. The molecule has 0 saturated heterocycles. The summed E-state index contributed by atoms with van der Waals surface area (Å²) in [7, 11) is 1.59. The van der Waals surface area contributed by atoms with Gasteiger partial charge in [0, 0.05) is 23.9 Å². The molecule has 3 aliphatic rings. The van der Waals surface area contributed by atoms with Crippen molar-refractivity contribution in [1.82, 2.24) is 10.2 Å². The summed E-state index contributed by atoms with van der Waals surface area (Å²) in [4.78, 5) is 50.5. The van der Waals surface area contributed by atoms with Crippen LogP contribution in [0.25, 0.3) is 0 Å². The Morgan fingerprint density at radius 1 is 1.07 bits per heavy atom. The summed E-state index contributed by atoms with van der Waals surface area (Å²) in [6.45, 7) is 2.34. The summed E-state index contributed by atoms with van der Waals surface area (Å²) >= 11 is 1.24. The molecule has 0 aromatic heterocycles. The molecule has 0 radical (unpaired) electrons. The molecule has 3 aliphatic heterocycles. The highest BCUT2D eigenvalue weighted by atomic mass is 32.2. The van der Waals surface area contributed by atoms with E-state index in [1.807, 2.05) is 55.5 Å². The van der Waals surface area contributed by atoms with Gasteiger partial charge in [-0.15, -0.1) is 0 Å². The summed E-state index contributed by atoms with van der Waals surface area (Å²) in [6.07, 6.45) is 0.368. The Morgan fingerprint density at radius 3 is 2.65 bits per heavy atom. The number of aliphatic imine (C=N–C) groups is 2. The van der Waals surface area contributed by atoms with Gasteiger partial charge in [0.1, 0.15) is 17.6 Å². The zero-order valence-electron chi connectivity index (χ0n) is 23.5. The van der Waals surface area contributed by atoms with Gasteiger partial charge in [-0.05, 0) is 48.4 Å². The van der Waals surface area contributed by atoms with E-state index in [9.17, 15) is 14.4 Å². The van der Waals surface area contributed by atoms with Gasteiger partial charge in [-0.25, -0.2) is 4.99 Å². The van der Waals surface area contributed by atoms with E-state index in [-0.39, 0.29) is 25.0 Å².